The van der Waals surface area contributed by atoms with Crippen LogP contribution in [0.1, 0.15) is 27.5 Å². The number of aromatic amines is 1. The van der Waals surface area contributed by atoms with Crippen molar-refractivity contribution in [2.75, 3.05) is 14.1 Å². The van der Waals surface area contributed by atoms with Gasteiger partial charge in [-0.2, -0.15) is 0 Å². The maximum Gasteiger partial charge on any atom is 0.184 e. The fourth-order valence-corrected chi connectivity index (χ4v) is 3.04. The molecule has 0 bridgehead atoms. The number of likely N-dealkylation sites (N-methyl/N-ethyl adjacent to an activating group) is 1. The summed E-state index contributed by atoms with van der Waals surface area (Å²) in [6, 6.07) is 13.0. The van der Waals surface area contributed by atoms with Crippen LogP contribution in [-0.2, 0) is 0 Å². The standard InChI is InChI=1S/C19H19ClN2O/c1-12-4-6-13(7-5-12)19(23)18(22(2)3)16-11-21-17-9-8-14(20)10-15(16)17/h4-11,18,21H,1-3H3. The van der Waals surface area contributed by atoms with Crippen LogP contribution in [0.2, 0.25) is 5.02 Å². The largest absolute Gasteiger partial charge is 0.361 e. The fraction of sp³-hybridized carbons (Fsp3) is 0.211. The van der Waals surface area contributed by atoms with E-state index in [1.165, 1.54) is 0 Å². The molecule has 0 saturated carbocycles. The van der Waals surface area contributed by atoms with Crippen LogP contribution in [0.25, 0.3) is 10.9 Å². The highest BCUT2D eigenvalue weighted by Crippen LogP contribution is 2.31. The van der Waals surface area contributed by atoms with Crippen molar-refractivity contribution in [3.8, 4) is 0 Å². The molecule has 2 aromatic carbocycles. The lowest BCUT2D eigenvalue weighted by Crippen LogP contribution is -2.27. The number of Topliss-reactive ketones (excluding diaryl/α,β-unsaturated/α-hetero) is 1. The summed E-state index contributed by atoms with van der Waals surface area (Å²) in [5.41, 5.74) is 3.78. The zero-order valence-electron chi connectivity index (χ0n) is 13.4. The summed E-state index contributed by atoms with van der Waals surface area (Å²) >= 11 is 6.13. The number of halogens is 1. The van der Waals surface area contributed by atoms with Crippen LogP contribution in [0.4, 0.5) is 0 Å². The molecule has 1 aromatic heterocycles. The van der Waals surface area contributed by atoms with Crippen LogP contribution in [0, 0.1) is 6.92 Å². The number of benzene rings is 2. The quantitative estimate of drug-likeness (QED) is 0.710. The van der Waals surface area contributed by atoms with Gasteiger partial charge in [0, 0.05) is 33.2 Å². The number of carbonyl (C=O) groups excluding carboxylic acids is 1. The minimum absolute atomic E-state index is 0.0795. The van der Waals surface area contributed by atoms with E-state index in [1.807, 2.05) is 74.6 Å². The van der Waals surface area contributed by atoms with E-state index in [0.717, 1.165) is 22.0 Å². The van der Waals surface area contributed by atoms with Crippen molar-refractivity contribution in [2.45, 2.75) is 13.0 Å². The summed E-state index contributed by atoms with van der Waals surface area (Å²) in [7, 11) is 3.83. The second-order valence-electron chi connectivity index (χ2n) is 6.03. The number of hydrogen-bond acceptors (Lipinski definition) is 2. The predicted molar refractivity (Wildman–Crippen MR) is 95.2 cm³/mol. The average molecular weight is 327 g/mol. The molecule has 1 N–H and O–H groups in total. The molecule has 0 spiro atoms. The van der Waals surface area contributed by atoms with Gasteiger partial charge >= 0.3 is 0 Å². The molecule has 118 valence electrons. The highest BCUT2D eigenvalue weighted by Gasteiger charge is 2.26. The highest BCUT2D eigenvalue weighted by molar-refractivity contribution is 6.31. The number of nitrogens with zero attached hydrogens (tertiary/aromatic N) is 1. The van der Waals surface area contributed by atoms with E-state index < -0.39 is 0 Å². The maximum atomic E-state index is 13.0. The Morgan fingerprint density at radius 1 is 1.13 bits per heavy atom. The summed E-state index contributed by atoms with van der Waals surface area (Å²) in [6.07, 6.45) is 1.90. The first-order chi connectivity index (χ1) is 11.0. The van der Waals surface area contributed by atoms with Crippen molar-refractivity contribution in [3.05, 3.63) is 70.4 Å². The Morgan fingerprint density at radius 3 is 2.48 bits per heavy atom. The third kappa shape index (κ3) is 3.03. The molecule has 3 aromatic rings. The Kier molecular flexibility index (Phi) is 4.24. The summed E-state index contributed by atoms with van der Waals surface area (Å²) in [5.74, 6) is 0.0795. The molecule has 0 aliphatic rings. The van der Waals surface area contributed by atoms with Crippen LogP contribution in [0.3, 0.4) is 0 Å². The number of aromatic nitrogens is 1. The first kappa shape index (κ1) is 15.8. The van der Waals surface area contributed by atoms with Gasteiger partial charge in [-0.1, -0.05) is 41.4 Å². The Morgan fingerprint density at radius 2 is 1.83 bits per heavy atom. The molecule has 3 nitrogen and oxygen atoms in total. The third-order valence-corrected chi connectivity index (χ3v) is 4.31. The van der Waals surface area contributed by atoms with E-state index in [2.05, 4.69) is 4.98 Å². The molecule has 0 fully saturated rings. The van der Waals surface area contributed by atoms with E-state index >= 15 is 0 Å². The second-order valence-corrected chi connectivity index (χ2v) is 6.47. The van der Waals surface area contributed by atoms with E-state index in [9.17, 15) is 4.79 Å². The number of hydrogen-bond donors (Lipinski definition) is 1. The summed E-state index contributed by atoms with van der Waals surface area (Å²) in [4.78, 5) is 18.2. The van der Waals surface area contributed by atoms with Crippen molar-refractivity contribution in [2.24, 2.45) is 0 Å². The van der Waals surface area contributed by atoms with Gasteiger partial charge in [0.1, 0.15) is 6.04 Å². The Hall–Kier alpha value is -2.10. The summed E-state index contributed by atoms with van der Waals surface area (Å²) < 4.78 is 0. The molecule has 0 radical (unpaired) electrons. The molecule has 0 amide bonds. The number of rotatable bonds is 4. The number of aryl methyl sites for hydroxylation is 1. The van der Waals surface area contributed by atoms with E-state index in [4.69, 9.17) is 11.6 Å². The van der Waals surface area contributed by atoms with Crippen molar-refractivity contribution in [1.29, 1.82) is 0 Å². The van der Waals surface area contributed by atoms with E-state index in [1.54, 1.807) is 0 Å². The lowest BCUT2D eigenvalue weighted by Gasteiger charge is -2.23. The molecule has 3 rings (SSSR count). The normalized spacial score (nSPS) is 12.7. The summed E-state index contributed by atoms with van der Waals surface area (Å²) in [6.45, 7) is 2.01. The molecule has 1 heterocycles. The zero-order chi connectivity index (χ0) is 16.6. The number of ketones is 1. The monoisotopic (exact) mass is 326 g/mol. The van der Waals surface area contributed by atoms with Crippen molar-refractivity contribution < 1.29 is 4.79 Å². The van der Waals surface area contributed by atoms with Gasteiger partial charge in [0.05, 0.1) is 0 Å². The highest BCUT2D eigenvalue weighted by atomic mass is 35.5. The second kappa shape index (κ2) is 6.19. The van der Waals surface area contributed by atoms with Crippen molar-refractivity contribution in [1.82, 2.24) is 9.88 Å². The van der Waals surface area contributed by atoms with Crippen LogP contribution in [0.5, 0.6) is 0 Å². The average Bonchev–Trinajstić information content (AvgIpc) is 2.91. The predicted octanol–water partition coefficient (Wildman–Crippen LogP) is 4.62. The Balaban J connectivity index is 2.09. The summed E-state index contributed by atoms with van der Waals surface area (Å²) in [5, 5.41) is 1.65. The van der Waals surface area contributed by atoms with Gasteiger partial charge in [0.15, 0.2) is 5.78 Å². The smallest absolute Gasteiger partial charge is 0.184 e. The molecule has 1 atom stereocenters. The van der Waals surface area contributed by atoms with Gasteiger partial charge in [-0.05, 0) is 39.2 Å². The lowest BCUT2D eigenvalue weighted by molar-refractivity contribution is 0.0876. The zero-order valence-corrected chi connectivity index (χ0v) is 14.2. The molecule has 0 aliphatic heterocycles. The van der Waals surface area contributed by atoms with E-state index in [-0.39, 0.29) is 11.8 Å². The first-order valence-corrected chi connectivity index (χ1v) is 7.89. The van der Waals surface area contributed by atoms with Gasteiger partial charge in [-0.15, -0.1) is 0 Å². The fourth-order valence-electron chi connectivity index (χ4n) is 2.87. The third-order valence-electron chi connectivity index (χ3n) is 4.07. The first-order valence-electron chi connectivity index (χ1n) is 7.51. The van der Waals surface area contributed by atoms with E-state index in [0.29, 0.717) is 10.6 Å². The SMILES string of the molecule is Cc1ccc(C(=O)C(c2c[nH]c3ccc(Cl)cc23)N(C)C)cc1. The van der Waals surface area contributed by atoms with Gasteiger partial charge in [-0.3, -0.25) is 9.69 Å². The minimum Gasteiger partial charge on any atom is -0.361 e. The van der Waals surface area contributed by atoms with Crippen LogP contribution in [0.15, 0.2) is 48.7 Å². The van der Waals surface area contributed by atoms with Gasteiger partial charge < -0.3 is 4.98 Å². The molecule has 0 saturated heterocycles. The number of nitrogens with one attached hydrogen (secondary N) is 1. The number of H-pyrrole nitrogens is 1. The molecule has 1 unspecified atom stereocenters. The molecule has 23 heavy (non-hydrogen) atoms. The van der Waals surface area contributed by atoms with Gasteiger partial charge in [0.2, 0.25) is 0 Å². The molecular weight excluding hydrogens is 308 g/mol. The minimum atomic E-state index is -0.357. The van der Waals surface area contributed by atoms with Crippen LogP contribution < -0.4 is 0 Å². The van der Waals surface area contributed by atoms with Crippen LogP contribution >= 0.6 is 11.6 Å². The lowest BCUT2D eigenvalue weighted by atomic mass is 9.95. The number of fused-ring (bicyclic) bond motifs is 1. The molecule has 4 heteroatoms. The van der Waals surface area contributed by atoms with Crippen molar-refractivity contribution >= 4 is 28.3 Å². The van der Waals surface area contributed by atoms with Gasteiger partial charge in [0.25, 0.3) is 0 Å². The Bertz CT molecular complexity index is 849. The van der Waals surface area contributed by atoms with Gasteiger partial charge in [-0.25, -0.2) is 0 Å². The molecule has 0 aliphatic carbocycles. The molecular formula is C19H19ClN2O. The topological polar surface area (TPSA) is 36.1 Å². The number of carbonyl (C=O) groups is 1. The van der Waals surface area contributed by atoms with Crippen molar-refractivity contribution in [3.63, 3.8) is 0 Å². The van der Waals surface area contributed by atoms with Crippen LogP contribution in [-0.4, -0.2) is 29.8 Å². The Labute approximate surface area is 140 Å². The maximum absolute atomic E-state index is 13.0.